The van der Waals surface area contributed by atoms with E-state index in [-0.39, 0.29) is 29.7 Å². The van der Waals surface area contributed by atoms with Gasteiger partial charge in [-0.05, 0) is 68.6 Å². The molecular formula is C37H46N6O5. The van der Waals surface area contributed by atoms with Crippen molar-refractivity contribution in [3.63, 3.8) is 0 Å². The fourth-order valence-electron chi connectivity index (χ4n) is 6.27. The minimum Gasteiger partial charge on any atom is -0.446 e. The molecule has 2 saturated heterocycles. The van der Waals surface area contributed by atoms with Crippen molar-refractivity contribution in [1.29, 1.82) is 0 Å². The summed E-state index contributed by atoms with van der Waals surface area (Å²) in [6.45, 7) is 4.91. The van der Waals surface area contributed by atoms with E-state index in [0.717, 1.165) is 63.0 Å². The molecule has 0 radical (unpaired) electrons. The summed E-state index contributed by atoms with van der Waals surface area (Å²) in [5, 5.41) is 5.83. The van der Waals surface area contributed by atoms with Gasteiger partial charge in [-0.1, -0.05) is 54.6 Å². The topological polar surface area (TPSA) is 137 Å². The lowest BCUT2D eigenvalue weighted by molar-refractivity contribution is -0.123. The van der Waals surface area contributed by atoms with Crippen LogP contribution in [0.3, 0.4) is 0 Å². The molecule has 4 N–H and O–H groups in total. The van der Waals surface area contributed by atoms with Gasteiger partial charge in [0.15, 0.2) is 0 Å². The number of hydrogen-bond donors (Lipinski definition) is 3. The van der Waals surface area contributed by atoms with Gasteiger partial charge in [-0.15, -0.1) is 0 Å². The average molecular weight is 655 g/mol. The highest BCUT2D eigenvalue weighted by Crippen LogP contribution is 2.28. The Bertz CT molecular complexity index is 1550. The highest BCUT2D eigenvalue weighted by Gasteiger charge is 2.25. The summed E-state index contributed by atoms with van der Waals surface area (Å²) in [6.07, 6.45) is 2.60. The number of likely N-dealkylation sites (tertiary alicyclic amines) is 2. The van der Waals surface area contributed by atoms with Gasteiger partial charge in [-0.25, -0.2) is 4.79 Å². The lowest BCUT2D eigenvalue weighted by atomic mass is 9.96. The van der Waals surface area contributed by atoms with Crippen molar-refractivity contribution in [1.82, 2.24) is 14.7 Å². The average Bonchev–Trinajstić information content (AvgIpc) is 3.11. The summed E-state index contributed by atoms with van der Waals surface area (Å²) >= 11 is 0. The molecule has 0 spiro atoms. The van der Waals surface area contributed by atoms with E-state index >= 15 is 0 Å². The van der Waals surface area contributed by atoms with Crippen molar-refractivity contribution >= 4 is 35.2 Å². The number of carbonyl (C=O) groups excluding carboxylic acids is 4. The number of nitrogens with two attached hydrogens (primary N) is 1. The highest BCUT2D eigenvalue weighted by molar-refractivity contribution is 5.97. The third-order valence-electron chi connectivity index (χ3n) is 9.19. The van der Waals surface area contributed by atoms with Crippen LogP contribution in [0, 0.1) is 5.92 Å². The number of nitrogens with zero attached hydrogens (tertiary/aromatic N) is 3. The van der Waals surface area contributed by atoms with Crippen LogP contribution < -0.4 is 16.4 Å². The fraction of sp³-hybridized carbons (Fsp3) is 0.405. The lowest BCUT2D eigenvalue weighted by Gasteiger charge is -2.32. The Morgan fingerprint density at radius 1 is 0.812 bits per heavy atom. The van der Waals surface area contributed by atoms with Crippen molar-refractivity contribution in [3.05, 3.63) is 84.4 Å². The Balaban J connectivity index is 1.01. The molecule has 0 unspecified atom stereocenters. The van der Waals surface area contributed by atoms with E-state index in [9.17, 15) is 19.2 Å². The minimum absolute atomic E-state index is 0.0737. The van der Waals surface area contributed by atoms with Gasteiger partial charge in [-0.2, -0.15) is 0 Å². The van der Waals surface area contributed by atoms with Crippen LogP contribution in [-0.2, 0) is 14.3 Å². The number of nitrogens with one attached hydrogen (secondary N) is 2. The van der Waals surface area contributed by atoms with E-state index in [2.05, 4.69) is 20.4 Å². The summed E-state index contributed by atoms with van der Waals surface area (Å²) in [6, 6.07) is 24.6. The van der Waals surface area contributed by atoms with Crippen LogP contribution in [0.1, 0.15) is 42.5 Å². The number of carbonyl (C=O) groups is 4. The second-order valence-electron chi connectivity index (χ2n) is 12.6. The molecule has 48 heavy (non-hydrogen) atoms. The summed E-state index contributed by atoms with van der Waals surface area (Å²) in [4.78, 5) is 56.1. The Kier molecular flexibility index (Phi) is 12.2. The van der Waals surface area contributed by atoms with E-state index in [1.165, 1.54) is 0 Å². The maximum Gasteiger partial charge on any atom is 0.411 e. The van der Waals surface area contributed by atoms with Gasteiger partial charge in [0.05, 0.1) is 5.69 Å². The zero-order valence-electron chi connectivity index (χ0n) is 27.6. The molecule has 2 aliphatic heterocycles. The number of anilines is 2. The van der Waals surface area contributed by atoms with E-state index in [1.807, 2.05) is 54.6 Å². The molecule has 5 rings (SSSR count). The smallest absolute Gasteiger partial charge is 0.411 e. The molecule has 2 heterocycles. The summed E-state index contributed by atoms with van der Waals surface area (Å²) in [5.74, 6) is -0.556. The number of rotatable bonds is 12. The van der Waals surface area contributed by atoms with E-state index in [1.54, 1.807) is 36.2 Å². The second kappa shape index (κ2) is 16.9. The third kappa shape index (κ3) is 9.88. The first-order valence-electron chi connectivity index (χ1n) is 16.8. The molecule has 3 aromatic carbocycles. The largest absolute Gasteiger partial charge is 0.446 e. The Labute approximate surface area is 282 Å². The number of amides is 4. The number of likely N-dealkylation sites (N-methyl/N-ethyl adjacent to an activating group) is 1. The molecule has 2 fully saturated rings. The van der Waals surface area contributed by atoms with Crippen LogP contribution in [0.2, 0.25) is 0 Å². The van der Waals surface area contributed by atoms with Crippen molar-refractivity contribution in [2.24, 2.45) is 11.7 Å². The zero-order chi connectivity index (χ0) is 33.9. The standard InChI is InChI=1S/C37H46N6O5/c1-41(36(46)29-10-7-11-30(26-29)39-34(44)18-23-42-19-14-28(15-20-42)35(38)45)24-25-43-21-16-31(17-22-43)48-37(47)40-33-13-6-5-12-32(33)27-8-3-2-4-9-27/h2-13,26,28,31H,14-25H2,1H3,(H2,38,45)(H,39,44)(H,40,47). The lowest BCUT2D eigenvalue weighted by Crippen LogP contribution is -2.42. The molecule has 3 aromatic rings. The molecule has 11 nitrogen and oxygen atoms in total. The van der Waals surface area contributed by atoms with E-state index in [0.29, 0.717) is 43.0 Å². The SMILES string of the molecule is CN(CCN1CCC(OC(=O)Nc2ccccc2-c2ccccc2)CC1)C(=O)c1cccc(NC(=O)CCN2CCC(C(N)=O)CC2)c1. The van der Waals surface area contributed by atoms with Gasteiger partial charge in [0, 0.05) is 68.9 Å². The predicted octanol–water partition coefficient (Wildman–Crippen LogP) is 4.66. The van der Waals surface area contributed by atoms with Crippen molar-refractivity contribution in [3.8, 4) is 11.1 Å². The molecule has 0 aliphatic carbocycles. The van der Waals surface area contributed by atoms with Crippen LogP contribution >= 0.6 is 0 Å². The number of benzene rings is 3. The number of hydrogen-bond acceptors (Lipinski definition) is 7. The molecule has 0 saturated carbocycles. The Morgan fingerprint density at radius 3 is 2.21 bits per heavy atom. The number of piperidine rings is 2. The molecule has 4 amide bonds. The zero-order valence-corrected chi connectivity index (χ0v) is 27.6. The molecule has 254 valence electrons. The Morgan fingerprint density at radius 2 is 1.48 bits per heavy atom. The maximum absolute atomic E-state index is 13.2. The maximum atomic E-state index is 13.2. The summed E-state index contributed by atoms with van der Waals surface area (Å²) in [5.41, 5.74) is 9.17. The van der Waals surface area contributed by atoms with Crippen LogP contribution in [0.25, 0.3) is 11.1 Å². The Hall–Kier alpha value is -4.74. The first kappa shape index (κ1) is 34.6. The van der Waals surface area contributed by atoms with Crippen molar-refractivity contribution in [2.75, 3.05) is 63.5 Å². The number of ether oxygens (including phenoxy) is 1. The van der Waals surface area contributed by atoms with Gasteiger partial charge in [0.1, 0.15) is 6.10 Å². The van der Waals surface area contributed by atoms with Gasteiger partial charge in [0.25, 0.3) is 5.91 Å². The van der Waals surface area contributed by atoms with E-state index < -0.39 is 6.09 Å². The van der Waals surface area contributed by atoms with Crippen molar-refractivity contribution < 1.29 is 23.9 Å². The predicted molar refractivity (Wildman–Crippen MR) is 186 cm³/mol. The van der Waals surface area contributed by atoms with E-state index in [4.69, 9.17) is 10.5 Å². The van der Waals surface area contributed by atoms with Crippen LogP contribution in [0.4, 0.5) is 16.2 Å². The molecule has 0 aromatic heterocycles. The van der Waals surface area contributed by atoms with Gasteiger partial charge in [-0.3, -0.25) is 19.7 Å². The van der Waals surface area contributed by atoms with Crippen LogP contribution in [-0.4, -0.2) is 97.5 Å². The minimum atomic E-state index is -0.456. The normalized spacial score (nSPS) is 16.2. The van der Waals surface area contributed by atoms with Gasteiger partial charge >= 0.3 is 6.09 Å². The fourth-order valence-corrected chi connectivity index (χ4v) is 6.27. The number of primary amides is 1. The monoisotopic (exact) mass is 654 g/mol. The molecule has 0 atom stereocenters. The van der Waals surface area contributed by atoms with Crippen LogP contribution in [0.15, 0.2) is 78.9 Å². The second-order valence-corrected chi connectivity index (χ2v) is 12.6. The number of para-hydroxylation sites is 1. The van der Waals surface area contributed by atoms with Gasteiger partial charge in [0.2, 0.25) is 11.8 Å². The molecule has 0 bridgehead atoms. The molecular weight excluding hydrogens is 608 g/mol. The highest BCUT2D eigenvalue weighted by atomic mass is 16.6. The quantitative estimate of drug-likeness (QED) is 0.258. The van der Waals surface area contributed by atoms with Crippen molar-refractivity contribution in [2.45, 2.75) is 38.2 Å². The molecule has 11 heteroatoms. The van der Waals surface area contributed by atoms with Gasteiger partial charge < -0.3 is 30.5 Å². The first-order valence-corrected chi connectivity index (χ1v) is 16.8. The van der Waals surface area contributed by atoms with Crippen LogP contribution in [0.5, 0.6) is 0 Å². The summed E-state index contributed by atoms with van der Waals surface area (Å²) < 4.78 is 5.76. The summed E-state index contributed by atoms with van der Waals surface area (Å²) in [7, 11) is 1.78. The first-order chi connectivity index (χ1) is 23.2. The molecule has 2 aliphatic rings. The third-order valence-corrected chi connectivity index (χ3v) is 9.19.